The number of carbonyl (C=O) groups is 1. The predicted molar refractivity (Wildman–Crippen MR) is 72.5 cm³/mol. The first-order chi connectivity index (χ1) is 8.77. The number of nitrogens with one attached hydrogen (secondary N) is 1. The van der Waals surface area contributed by atoms with Crippen LogP contribution in [0.4, 0.5) is 0 Å². The molecule has 1 aromatic rings. The quantitative estimate of drug-likeness (QED) is 0.802. The van der Waals surface area contributed by atoms with E-state index in [4.69, 9.17) is 4.74 Å². The van der Waals surface area contributed by atoms with Crippen LogP contribution in [0.25, 0.3) is 0 Å². The van der Waals surface area contributed by atoms with Gasteiger partial charge in [-0.3, -0.25) is 10.1 Å². The van der Waals surface area contributed by atoms with E-state index < -0.39 is 0 Å². The van der Waals surface area contributed by atoms with Crippen LogP contribution in [0.1, 0.15) is 31.3 Å². The molecule has 4 nitrogen and oxygen atoms in total. The van der Waals surface area contributed by atoms with Gasteiger partial charge in [0.2, 0.25) is 5.91 Å². The molecule has 5 heteroatoms. The number of rotatable bonds is 6. The Labute approximate surface area is 112 Å². The third-order valence-corrected chi connectivity index (χ3v) is 4.08. The molecule has 1 amide bonds. The SMILES string of the molecule is CCOCCN1C(=O)C(CC)NC1c1cccs1. The Hall–Kier alpha value is -0.910. The first kappa shape index (κ1) is 13.5. The van der Waals surface area contributed by atoms with Crippen molar-refractivity contribution in [3.05, 3.63) is 22.4 Å². The van der Waals surface area contributed by atoms with Crippen LogP contribution >= 0.6 is 11.3 Å². The topological polar surface area (TPSA) is 41.6 Å². The molecule has 0 spiro atoms. The van der Waals surface area contributed by atoms with Gasteiger partial charge >= 0.3 is 0 Å². The zero-order valence-electron chi connectivity index (χ0n) is 10.9. The monoisotopic (exact) mass is 268 g/mol. The van der Waals surface area contributed by atoms with Gasteiger partial charge in [-0.2, -0.15) is 0 Å². The maximum absolute atomic E-state index is 12.2. The van der Waals surface area contributed by atoms with Gasteiger partial charge in [-0.1, -0.05) is 13.0 Å². The van der Waals surface area contributed by atoms with Gasteiger partial charge in [0.25, 0.3) is 0 Å². The smallest absolute Gasteiger partial charge is 0.241 e. The van der Waals surface area contributed by atoms with E-state index in [1.807, 2.05) is 30.2 Å². The average Bonchev–Trinajstić information content (AvgIpc) is 2.99. The summed E-state index contributed by atoms with van der Waals surface area (Å²) in [4.78, 5) is 15.3. The second-order valence-corrected chi connectivity index (χ2v) is 5.25. The van der Waals surface area contributed by atoms with Gasteiger partial charge in [0, 0.05) is 18.0 Å². The Morgan fingerprint density at radius 2 is 2.33 bits per heavy atom. The Morgan fingerprint density at radius 3 is 2.94 bits per heavy atom. The van der Waals surface area contributed by atoms with Crippen molar-refractivity contribution in [2.45, 2.75) is 32.5 Å². The highest BCUT2D eigenvalue weighted by Crippen LogP contribution is 2.29. The van der Waals surface area contributed by atoms with Crippen LogP contribution in [0.2, 0.25) is 0 Å². The van der Waals surface area contributed by atoms with Gasteiger partial charge in [-0.15, -0.1) is 11.3 Å². The molecule has 2 unspecified atom stereocenters. The van der Waals surface area contributed by atoms with Gasteiger partial charge < -0.3 is 9.64 Å². The summed E-state index contributed by atoms with van der Waals surface area (Å²) in [5.41, 5.74) is 0. The molecule has 1 N–H and O–H groups in total. The molecule has 0 radical (unpaired) electrons. The molecule has 1 aromatic heterocycles. The van der Waals surface area contributed by atoms with Crippen LogP contribution in [0.5, 0.6) is 0 Å². The van der Waals surface area contributed by atoms with E-state index in [2.05, 4.69) is 11.4 Å². The Bertz CT molecular complexity index is 380. The predicted octanol–water partition coefficient (Wildman–Crippen LogP) is 1.99. The first-order valence-corrected chi connectivity index (χ1v) is 7.33. The highest BCUT2D eigenvalue weighted by atomic mass is 32.1. The Balaban J connectivity index is 2.08. The van der Waals surface area contributed by atoms with Gasteiger partial charge in [-0.05, 0) is 24.8 Å². The minimum absolute atomic E-state index is 0.0166. The summed E-state index contributed by atoms with van der Waals surface area (Å²) in [6, 6.07) is 4.03. The summed E-state index contributed by atoms with van der Waals surface area (Å²) in [5, 5.41) is 5.44. The maximum Gasteiger partial charge on any atom is 0.241 e. The van der Waals surface area contributed by atoms with Crippen molar-refractivity contribution in [1.82, 2.24) is 10.2 Å². The lowest BCUT2D eigenvalue weighted by atomic mass is 10.2. The van der Waals surface area contributed by atoms with Crippen molar-refractivity contribution in [1.29, 1.82) is 0 Å². The Kier molecular flexibility index (Phi) is 4.74. The largest absolute Gasteiger partial charge is 0.380 e. The third-order valence-electron chi connectivity index (χ3n) is 3.15. The molecule has 0 saturated carbocycles. The molecule has 100 valence electrons. The van der Waals surface area contributed by atoms with Crippen molar-refractivity contribution in [2.24, 2.45) is 0 Å². The van der Waals surface area contributed by atoms with Crippen molar-refractivity contribution in [3.8, 4) is 0 Å². The number of amides is 1. The van der Waals surface area contributed by atoms with Gasteiger partial charge in [0.1, 0.15) is 6.17 Å². The minimum atomic E-state index is -0.0567. The molecule has 2 atom stereocenters. The van der Waals surface area contributed by atoms with Crippen molar-refractivity contribution in [2.75, 3.05) is 19.8 Å². The lowest BCUT2D eigenvalue weighted by Gasteiger charge is -2.23. The molecule has 1 fully saturated rings. The molecule has 2 heterocycles. The fraction of sp³-hybridized carbons (Fsp3) is 0.615. The number of nitrogens with zero attached hydrogens (tertiary/aromatic N) is 1. The summed E-state index contributed by atoms with van der Waals surface area (Å²) in [6.07, 6.45) is 0.842. The lowest BCUT2D eigenvalue weighted by Crippen LogP contribution is -2.33. The van der Waals surface area contributed by atoms with E-state index in [0.29, 0.717) is 19.8 Å². The van der Waals surface area contributed by atoms with Crippen LogP contribution in [0.15, 0.2) is 17.5 Å². The van der Waals surface area contributed by atoms with Gasteiger partial charge in [0.15, 0.2) is 0 Å². The van der Waals surface area contributed by atoms with Crippen molar-refractivity contribution >= 4 is 17.2 Å². The Morgan fingerprint density at radius 1 is 1.50 bits per heavy atom. The molecule has 1 aliphatic rings. The summed E-state index contributed by atoms with van der Waals surface area (Å²) < 4.78 is 5.36. The zero-order valence-corrected chi connectivity index (χ0v) is 11.7. The van der Waals surface area contributed by atoms with E-state index in [-0.39, 0.29) is 18.1 Å². The number of ether oxygens (including phenoxy) is 1. The first-order valence-electron chi connectivity index (χ1n) is 6.45. The second-order valence-electron chi connectivity index (χ2n) is 4.27. The third kappa shape index (κ3) is 2.74. The summed E-state index contributed by atoms with van der Waals surface area (Å²) in [7, 11) is 0. The summed E-state index contributed by atoms with van der Waals surface area (Å²) >= 11 is 1.68. The molecule has 1 saturated heterocycles. The fourth-order valence-electron chi connectivity index (χ4n) is 2.20. The molecular formula is C13H20N2O2S. The zero-order chi connectivity index (χ0) is 13.0. The van der Waals surface area contributed by atoms with Gasteiger partial charge in [0.05, 0.1) is 12.6 Å². The molecular weight excluding hydrogens is 248 g/mol. The van der Waals surface area contributed by atoms with E-state index in [0.717, 1.165) is 6.42 Å². The van der Waals surface area contributed by atoms with Crippen LogP contribution in [0.3, 0.4) is 0 Å². The molecule has 0 aliphatic carbocycles. The molecule has 0 aromatic carbocycles. The normalized spacial score (nSPS) is 23.9. The molecule has 0 bridgehead atoms. The maximum atomic E-state index is 12.2. The van der Waals surface area contributed by atoms with Crippen LogP contribution in [-0.2, 0) is 9.53 Å². The molecule has 2 rings (SSSR count). The van der Waals surface area contributed by atoms with Crippen molar-refractivity contribution < 1.29 is 9.53 Å². The lowest BCUT2D eigenvalue weighted by molar-refractivity contribution is -0.130. The van der Waals surface area contributed by atoms with E-state index in [9.17, 15) is 4.79 Å². The van der Waals surface area contributed by atoms with Crippen molar-refractivity contribution in [3.63, 3.8) is 0 Å². The van der Waals surface area contributed by atoms with E-state index in [1.54, 1.807) is 11.3 Å². The van der Waals surface area contributed by atoms with Crippen LogP contribution in [-0.4, -0.2) is 36.6 Å². The van der Waals surface area contributed by atoms with E-state index in [1.165, 1.54) is 4.88 Å². The van der Waals surface area contributed by atoms with Gasteiger partial charge in [-0.25, -0.2) is 0 Å². The highest BCUT2D eigenvalue weighted by molar-refractivity contribution is 7.10. The van der Waals surface area contributed by atoms with E-state index >= 15 is 0 Å². The minimum Gasteiger partial charge on any atom is -0.380 e. The summed E-state index contributed by atoms with van der Waals surface area (Å²) in [5.74, 6) is 0.190. The highest BCUT2D eigenvalue weighted by Gasteiger charge is 2.38. The average molecular weight is 268 g/mol. The number of carbonyl (C=O) groups excluding carboxylic acids is 1. The number of thiophene rings is 1. The summed E-state index contributed by atoms with van der Waals surface area (Å²) in [6.45, 7) is 5.94. The molecule has 1 aliphatic heterocycles. The van der Waals surface area contributed by atoms with Crippen LogP contribution < -0.4 is 5.32 Å². The molecule has 18 heavy (non-hydrogen) atoms. The number of hydrogen-bond acceptors (Lipinski definition) is 4. The fourth-order valence-corrected chi connectivity index (χ4v) is 3.00. The second kappa shape index (κ2) is 6.31. The van der Waals surface area contributed by atoms with Crippen LogP contribution in [0, 0.1) is 0 Å². The standard InChI is InChI=1S/C13H20N2O2S/c1-3-10-13(16)15(7-8-17-4-2)12(14-10)11-6-5-9-18-11/h5-6,9-10,12,14H,3-4,7-8H2,1-2H3. The number of hydrogen-bond donors (Lipinski definition) is 1.